The van der Waals surface area contributed by atoms with Crippen LogP contribution in [0, 0.1) is 5.92 Å². The summed E-state index contributed by atoms with van der Waals surface area (Å²) in [6.45, 7) is 3.52. The summed E-state index contributed by atoms with van der Waals surface area (Å²) in [4.78, 5) is 11.5. The first-order valence-corrected chi connectivity index (χ1v) is 7.38. The van der Waals surface area contributed by atoms with Gasteiger partial charge in [-0.3, -0.25) is 0 Å². The van der Waals surface area contributed by atoms with Crippen LogP contribution in [0.4, 0.5) is 10.5 Å². The van der Waals surface area contributed by atoms with Crippen LogP contribution >= 0.6 is 11.6 Å². The van der Waals surface area contributed by atoms with Gasteiger partial charge in [0.05, 0.1) is 5.75 Å². The fraction of sp³-hybridized carbons (Fsp3) is 0.364. The molecule has 0 aliphatic rings. The largest absolute Gasteiger partial charge is 1.00 e. The van der Waals surface area contributed by atoms with Crippen molar-refractivity contribution in [2.45, 2.75) is 13.8 Å². The van der Waals surface area contributed by atoms with Crippen LogP contribution in [-0.2, 0) is 10.0 Å². The Morgan fingerprint density at radius 1 is 1.32 bits per heavy atom. The first-order chi connectivity index (χ1) is 8.28. The Morgan fingerprint density at radius 3 is 2.32 bits per heavy atom. The number of hydrogen-bond donors (Lipinski definition) is 2. The molecule has 102 valence electrons. The van der Waals surface area contributed by atoms with E-state index in [-0.39, 0.29) is 42.7 Å². The Hall–Kier alpha value is -0.270. The van der Waals surface area contributed by atoms with Crippen molar-refractivity contribution in [1.82, 2.24) is 4.72 Å². The van der Waals surface area contributed by atoms with E-state index in [2.05, 4.69) is 5.32 Å². The molecule has 0 unspecified atom stereocenters. The van der Waals surface area contributed by atoms with Crippen LogP contribution in [0.1, 0.15) is 15.3 Å². The molecule has 0 fully saturated rings. The molecule has 0 aliphatic heterocycles. The molecule has 1 rings (SSSR count). The fourth-order valence-electron chi connectivity index (χ4n) is 1.31. The standard InChI is InChI=1S/C11H15ClN2O3S.Na.H/c1-8(2)7-18(16,17)14-11(15)13-10-5-3-9(12)4-6-10;;/h3-6,8H,7H2,1-2H3,(H2,13,14,15);;/q;+1;-1. The van der Waals surface area contributed by atoms with Gasteiger partial charge in [-0.1, -0.05) is 25.4 Å². The van der Waals surface area contributed by atoms with E-state index >= 15 is 0 Å². The van der Waals surface area contributed by atoms with Gasteiger partial charge < -0.3 is 6.74 Å². The molecular formula is C11H16ClN2NaO3S. The number of benzene rings is 1. The Morgan fingerprint density at radius 2 is 1.84 bits per heavy atom. The average molecular weight is 315 g/mol. The molecule has 8 heteroatoms. The van der Waals surface area contributed by atoms with E-state index in [1.807, 2.05) is 4.72 Å². The number of urea groups is 1. The van der Waals surface area contributed by atoms with Crippen molar-refractivity contribution in [1.29, 1.82) is 0 Å². The Balaban J connectivity index is 0. The third-order valence-electron chi connectivity index (χ3n) is 1.90. The van der Waals surface area contributed by atoms with Crippen molar-refractivity contribution >= 4 is 33.3 Å². The van der Waals surface area contributed by atoms with E-state index < -0.39 is 16.1 Å². The smallest absolute Gasteiger partial charge is 1.00 e. The zero-order valence-electron chi connectivity index (χ0n) is 12.1. The molecule has 0 atom stereocenters. The van der Waals surface area contributed by atoms with Crippen molar-refractivity contribution in [3.63, 3.8) is 0 Å². The van der Waals surface area contributed by atoms with Gasteiger partial charge in [-0.25, -0.2) is 17.9 Å². The van der Waals surface area contributed by atoms with Gasteiger partial charge in [-0.2, -0.15) is 0 Å². The Kier molecular flexibility index (Phi) is 8.00. The summed E-state index contributed by atoms with van der Waals surface area (Å²) in [5.41, 5.74) is 0.469. The molecule has 0 aromatic heterocycles. The number of anilines is 1. The number of carbonyl (C=O) groups is 1. The van der Waals surface area contributed by atoms with Crippen molar-refractivity contribution < 1.29 is 44.2 Å². The molecule has 2 amide bonds. The molecule has 0 bridgehead atoms. The van der Waals surface area contributed by atoms with Crippen LogP contribution in [0.5, 0.6) is 0 Å². The molecule has 1 aromatic rings. The van der Waals surface area contributed by atoms with Gasteiger partial charge in [0.25, 0.3) is 0 Å². The third-order valence-corrected chi connectivity index (χ3v) is 3.76. The van der Waals surface area contributed by atoms with Crippen molar-refractivity contribution in [2.24, 2.45) is 5.92 Å². The van der Waals surface area contributed by atoms with Crippen molar-refractivity contribution in [3.05, 3.63) is 29.3 Å². The predicted molar refractivity (Wildman–Crippen MR) is 73.3 cm³/mol. The third kappa shape index (κ3) is 7.79. The summed E-state index contributed by atoms with van der Waals surface area (Å²) in [7, 11) is -3.60. The van der Waals surface area contributed by atoms with Crippen LogP contribution < -0.4 is 39.6 Å². The summed E-state index contributed by atoms with van der Waals surface area (Å²) >= 11 is 5.69. The first-order valence-electron chi connectivity index (χ1n) is 5.35. The SMILES string of the molecule is CC(C)CS(=O)(=O)NC(=O)Nc1ccc(Cl)cc1.[H-].[Na+]. The number of sulfonamides is 1. The van der Waals surface area contributed by atoms with E-state index in [1.165, 1.54) is 0 Å². The Bertz CT molecular complexity index is 523. The van der Waals surface area contributed by atoms with Crippen molar-refractivity contribution in [3.8, 4) is 0 Å². The topological polar surface area (TPSA) is 75.3 Å². The Labute approximate surface area is 141 Å². The van der Waals surface area contributed by atoms with Crippen LogP contribution in [0.25, 0.3) is 0 Å². The average Bonchev–Trinajstić information content (AvgIpc) is 2.18. The minimum absolute atomic E-state index is 0. The predicted octanol–water partition coefficient (Wildman–Crippen LogP) is -0.436. The van der Waals surface area contributed by atoms with Gasteiger partial charge in [0.15, 0.2) is 0 Å². The minimum Gasteiger partial charge on any atom is -1.00 e. The molecule has 19 heavy (non-hydrogen) atoms. The fourth-order valence-corrected chi connectivity index (χ4v) is 2.73. The van der Waals surface area contributed by atoms with Gasteiger partial charge in [0.2, 0.25) is 10.0 Å². The van der Waals surface area contributed by atoms with Gasteiger partial charge >= 0.3 is 35.6 Å². The molecule has 0 spiro atoms. The summed E-state index contributed by atoms with van der Waals surface area (Å²) in [5.74, 6) is -0.146. The summed E-state index contributed by atoms with van der Waals surface area (Å²) in [6, 6.07) is 5.58. The van der Waals surface area contributed by atoms with E-state index in [4.69, 9.17) is 11.6 Å². The molecule has 5 nitrogen and oxygen atoms in total. The number of rotatable bonds is 4. The molecule has 0 heterocycles. The second kappa shape index (κ2) is 8.11. The van der Waals surface area contributed by atoms with Gasteiger partial charge in [0, 0.05) is 10.7 Å². The molecule has 0 saturated heterocycles. The number of halogens is 1. The van der Waals surface area contributed by atoms with E-state index in [0.717, 1.165) is 0 Å². The van der Waals surface area contributed by atoms with Crippen LogP contribution in [0.15, 0.2) is 24.3 Å². The maximum atomic E-state index is 11.5. The quantitative estimate of drug-likeness (QED) is 0.740. The maximum absolute atomic E-state index is 11.5. The van der Waals surface area contributed by atoms with Crippen LogP contribution in [-0.4, -0.2) is 20.2 Å². The van der Waals surface area contributed by atoms with E-state index in [0.29, 0.717) is 10.7 Å². The zero-order valence-corrected chi connectivity index (χ0v) is 14.7. The molecule has 0 saturated carbocycles. The van der Waals surface area contributed by atoms with Gasteiger partial charge in [-0.15, -0.1) is 0 Å². The van der Waals surface area contributed by atoms with Crippen molar-refractivity contribution in [2.75, 3.05) is 11.1 Å². The second-order valence-electron chi connectivity index (χ2n) is 4.24. The maximum Gasteiger partial charge on any atom is 1.00 e. The number of nitrogens with one attached hydrogen (secondary N) is 2. The monoisotopic (exact) mass is 314 g/mol. The minimum atomic E-state index is -3.60. The molecule has 1 aromatic carbocycles. The number of amides is 2. The first kappa shape index (κ1) is 18.7. The normalized spacial score (nSPS) is 10.7. The van der Waals surface area contributed by atoms with E-state index in [9.17, 15) is 13.2 Å². The van der Waals surface area contributed by atoms with Crippen LogP contribution in [0.2, 0.25) is 5.02 Å². The molecule has 2 N–H and O–H groups in total. The molecular weight excluding hydrogens is 299 g/mol. The second-order valence-corrected chi connectivity index (χ2v) is 6.44. The van der Waals surface area contributed by atoms with E-state index in [1.54, 1.807) is 38.1 Å². The van der Waals surface area contributed by atoms with Crippen LogP contribution in [0.3, 0.4) is 0 Å². The number of carbonyl (C=O) groups excluding carboxylic acids is 1. The van der Waals surface area contributed by atoms with Gasteiger partial charge in [-0.05, 0) is 30.2 Å². The zero-order chi connectivity index (χ0) is 13.8. The van der Waals surface area contributed by atoms with Gasteiger partial charge in [0.1, 0.15) is 0 Å². The molecule has 0 aliphatic carbocycles. The molecule has 0 radical (unpaired) electrons. The summed E-state index contributed by atoms with van der Waals surface area (Å²) in [6.07, 6.45) is 0. The summed E-state index contributed by atoms with van der Waals surface area (Å²) in [5, 5.41) is 2.95. The number of hydrogen-bond acceptors (Lipinski definition) is 3. The summed E-state index contributed by atoms with van der Waals surface area (Å²) < 4.78 is 24.9.